The molecule has 1 aromatic heterocycles. The maximum absolute atomic E-state index is 5.28. The molecule has 0 aromatic carbocycles. The Morgan fingerprint density at radius 3 is 2.63 bits per heavy atom. The summed E-state index contributed by atoms with van der Waals surface area (Å²) in [5.41, 5.74) is 2.14. The molecule has 19 heavy (non-hydrogen) atoms. The Balaban J connectivity index is 2.77. The molecular formula is C15H27N3O. The topological polar surface area (TPSA) is 47.0 Å². The first-order valence-electron chi connectivity index (χ1n) is 7.13. The Morgan fingerprint density at radius 1 is 1.32 bits per heavy atom. The van der Waals surface area contributed by atoms with Gasteiger partial charge in [-0.25, -0.2) is 9.97 Å². The van der Waals surface area contributed by atoms with Crippen molar-refractivity contribution in [1.29, 1.82) is 0 Å². The van der Waals surface area contributed by atoms with Crippen LogP contribution in [0.2, 0.25) is 0 Å². The summed E-state index contributed by atoms with van der Waals surface area (Å²) in [4.78, 5) is 9.14. The average Bonchev–Trinajstić information content (AvgIpc) is 2.35. The highest BCUT2D eigenvalue weighted by Gasteiger charge is 2.12. The van der Waals surface area contributed by atoms with Crippen molar-refractivity contribution in [3.05, 3.63) is 23.3 Å². The van der Waals surface area contributed by atoms with Crippen LogP contribution in [0, 0.1) is 6.92 Å². The van der Waals surface area contributed by atoms with Gasteiger partial charge in [0, 0.05) is 36.9 Å². The number of methoxy groups -OCH3 is 1. The fourth-order valence-electron chi connectivity index (χ4n) is 2.01. The summed E-state index contributed by atoms with van der Waals surface area (Å²) in [6.07, 6.45) is 2.01. The van der Waals surface area contributed by atoms with E-state index in [4.69, 9.17) is 4.74 Å². The molecule has 0 saturated carbocycles. The third-order valence-electron chi connectivity index (χ3n) is 2.95. The summed E-state index contributed by atoms with van der Waals surface area (Å²) < 4.78 is 5.28. The van der Waals surface area contributed by atoms with E-state index in [1.165, 1.54) is 0 Å². The Kier molecular flexibility index (Phi) is 6.95. The number of aromatic nitrogens is 2. The first kappa shape index (κ1) is 16.1. The fraction of sp³-hybridized carbons (Fsp3) is 0.733. The number of rotatable bonds is 8. The highest BCUT2D eigenvalue weighted by molar-refractivity contribution is 5.13. The Hall–Kier alpha value is -1.00. The van der Waals surface area contributed by atoms with Crippen molar-refractivity contribution in [2.75, 3.05) is 20.3 Å². The number of aryl methyl sites for hydroxylation is 1. The zero-order chi connectivity index (χ0) is 14.3. The smallest absolute Gasteiger partial charge is 0.131 e. The molecule has 0 aliphatic carbocycles. The summed E-state index contributed by atoms with van der Waals surface area (Å²) in [6.45, 7) is 10.2. The van der Waals surface area contributed by atoms with Crippen molar-refractivity contribution in [2.24, 2.45) is 0 Å². The minimum absolute atomic E-state index is 0.319. The number of ether oxygens (including phenoxy) is 1. The van der Waals surface area contributed by atoms with Crippen LogP contribution in [0.3, 0.4) is 0 Å². The van der Waals surface area contributed by atoms with E-state index in [0.717, 1.165) is 36.6 Å². The van der Waals surface area contributed by atoms with E-state index in [2.05, 4.69) is 42.1 Å². The van der Waals surface area contributed by atoms with Crippen molar-refractivity contribution in [3.63, 3.8) is 0 Å². The molecule has 1 heterocycles. The molecule has 0 aliphatic heterocycles. The Bertz CT molecular complexity index is 380. The zero-order valence-corrected chi connectivity index (χ0v) is 12.9. The van der Waals surface area contributed by atoms with Gasteiger partial charge in [-0.05, 0) is 26.0 Å². The van der Waals surface area contributed by atoms with Crippen molar-refractivity contribution < 1.29 is 4.74 Å². The van der Waals surface area contributed by atoms with Gasteiger partial charge in [0.25, 0.3) is 0 Å². The molecule has 108 valence electrons. The molecule has 0 saturated heterocycles. The van der Waals surface area contributed by atoms with Crippen molar-refractivity contribution in [2.45, 2.75) is 52.5 Å². The minimum atomic E-state index is 0.319. The number of hydrogen-bond acceptors (Lipinski definition) is 4. The molecule has 0 radical (unpaired) electrons. The lowest BCUT2D eigenvalue weighted by Crippen LogP contribution is -2.36. The molecule has 0 fully saturated rings. The third-order valence-corrected chi connectivity index (χ3v) is 2.95. The summed E-state index contributed by atoms with van der Waals surface area (Å²) in [5, 5.41) is 3.50. The average molecular weight is 265 g/mol. The highest BCUT2D eigenvalue weighted by atomic mass is 16.5. The summed E-state index contributed by atoms with van der Waals surface area (Å²) in [7, 11) is 1.74. The van der Waals surface area contributed by atoms with Gasteiger partial charge < -0.3 is 10.1 Å². The first-order chi connectivity index (χ1) is 9.06. The second kappa shape index (κ2) is 8.23. The predicted octanol–water partition coefficient (Wildman–Crippen LogP) is 2.47. The zero-order valence-electron chi connectivity index (χ0n) is 12.9. The normalized spacial score (nSPS) is 12.9. The number of nitrogens with zero attached hydrogens (tertiary/aromatic N) is 2. The molecule has 1 rings (SSSR count). The van der Waals surface area contributed by atoms with Gasteiger partial charge in [0.2, 0.25) is 0 Å². The van der Waals surface area contributed by atoms with Gasteiger partial charge in [0.15, 0.2) is 0 Å². The number of nitrogens with one attached hydrogen (secondary N) is 1. The van der Waals surface area contributed by atoms with E-state index in [9.17, 15) is 0 Å². The maximum atomic E-state index is 5.28. The molecule has 0 bridgehead atoms. The molecule has 4 heteroatoms. The van der Waals surface area contributed by atoms with Crippen LogP contribution in [-0.4, -0.2) is 36.3 Å². The van der Waals surface area contributed by atoms with Gasteiger partial charge in [-0.2, -0.15) is 0 Å². The van der Waals surface area contributed by atoms with E-state index in [1.54, 1.807) is 7.11 Å². The van der Waals surface area contributed by atoms with E-state index in [-0.39, 0.29) is 0 Å². The molecule has 0 aliphatic rings. The fourth-order valence-corrected chi connectivity index (χ4v) is 2.01. The molecule has 0 spiro atoms. The summed E-state index contributed by atoms with van der Waals surface area (Å²) >= 11 is 0. The predicted molar refractivity (Wildman–Crippen MR) is 78.5 cm³/mol. The molecule has 0 amide bonds. The van der Waals surface area contributed by atoms with E-state index in [0.29, 0.717) is 18.6 Å². The van der Waals surface area contributed by atoms with Crippen LogP contribution in [0.5, 0.6) is 0 Å². The molecule has 4 nitrogen and oxygen atoms in total. The summed E-state index contributed by atoms with van der Waals surface area (Å²) in [5.74, 6) is 1.30. The van der Waals surface area contributed by atoms with Gasteiger partial charge in [0.1, 0.15) is 5.82 Å². The quantitative estimate of drug-likeness (QED) is 0.784. The molecule has 1 aromatic rings. The van der Waals surface area contributed by atoms with Crippen molar-refractivity contribution in [1.82, 2.24) is 15.3 Å². The molecule has 1 atom stereocenters. The second-order valence-corrected chi connectivity index (χ2v) is 5.32. The maximum Gasteiger partial charge on any atom is 0.131 e. The Morgan fingerprint density at radius 2 is 2.05 bits per heavy atom. The lowest BCUT2D eigenvalue weighted by atomic mass is 10.1. The second-order valence-electron chi connectivity index (χ2n) is 5.32. The molecule has 1 N–H and O–H groups in total. The SMILES string of the molecule is CCCNC(COC)Cc1cc(C)nc(C(C)C)n1. The van der Waals surface area contributed by atoms with E-state index < -0.39 is 0 Å². The van der Waals surface area contributed by atoms with E-state index in [1.807, 2.05) is 6.92 Å². The van der Waals surface area contributed by atoms with Crippen LogP contribution >= 0.6 is 0 Å². The number of hydrogen-bond donors (Lipinski definition) is 1. The molecule has 1 unspecified atom stereocenters. The van der Waals surface area contributed by atoms with Gasteiger partial charge in [0.05, 0.1) is 6.61 Å². The first-order valence-corrected chi connectivity index (χ1v) is 7.13. The van der Waals surface area contributed by atoms with E-state index >= 15 is 0 Å². The van der Waals surface area contributed by atoms with Gasteiger partial charge in [-0.1, -0.05) is 20.8 Å². The largest absolute Gasteiger partial charge is 0.383 e. The van der Waals surface area contributed by atoms with Gasteiger partial charge in [-0.3, -0.25) is 0 Å². The Labute approximate surface area is 117 Å². The van der Waals surface area contributed by atoms with Crippen LogP contribution in [-0.2, 0) is 11.2 Å². The lowest BCUT2D eigenvalue weighted by Gasteiger charge is -2.18. The lowest BCUT2D eigenvalue weighted by molar-refractivity contribution is 0.165. The standard InChI is InChI=1S/C15H27N3O/c1-6-7-16-14(10-19-5)9-13-8-12(4)17-15(18-13)11(2)3/h8,11,14,16H,6-7,9-10H2,1-5H3. The summed E-state index contributed by atoms with van der Waals surface area (Å²) in [6, 6.07) is 2.39. The third kappa shape index (κ3) is 5.66. The van der Waals surface area contributed by atoms with Crippen LogP contribution < -0.4 is 5.32 Å². The van der Waals surface area contributed by atoms with Crippen molar-refractivity contribution >= 4 is 0 Å². The van der Waals surface area contributed by atoms with Crippen LogP contribution in [0.1, 0.15) is 50.3 Å². The van der Waals surface area contributed by atoms with Crippen molar-refractivity contribution in [3.8, 4) is 0 Å². The monoisotopic (exact) mass is 265 g/mol. The minimum Gasteiger partial charge on any atom is -0.383 e. The van der Waals surface area contributed by atoms with Crippen LogP contribution in [0.4, 0.5) is 0 Å². The van der Waals surface area contributed by atoms with Crippen LogP contribution in [0.25, 0.3) is 0 Å². The van der Waals surface area contributed by atoms with Gasteiger partial charge in [-0.15, -0.1) is 0 Å². The highest BCUT2D eigenvalue weighted by Crippen LogP contribution is 2.12. The van der Waals surface area contributed by atoms with Gasteiger partial charge >= 0.3 is 0 Å². The van der Waals surface area contributed by atoms with Crippen LogP contribution in [0.15, 0.2) is 6.07 Å². The molecular weight excluding hydrogens is 238 g/mol.